The Labute approximate surface area is 114 Å². The third-order valence-electron chi connectivity index (χ3n) is 2.90. The number of ketones is 1. The van der Waals surface area contributed by atoms with Crippen LogP contribution in [0.1, 0.15) is 15.9 Å². The molecule has 2 aromatic rings. The van der Waals surface area contributed by atoms with Gasteiger partial charge in [-0.1, -0.05) is 18.2 Å². The average molecular weight is 272 g/mol. The summed E-state index contributed by atoms with van der Waals surface area (Å²) in [4.78, 5) is 34.0. The average Bonchev–Trinajstić information content (AvgIpc) is 2.44. The molecule has 2 rings (SSSR count). The predicted molar refractivity (Wildman–Crippen MR) is 72.9 cm³/mol. The third-order valence-corrected chi connectivity index (χ3v) is 2.90. The maximum atomic E-state index is 12.1. The van der Waals surface area contributed by atoms with Crippen molar-refractivity contribution in [3.63, 3.8) is 0 Å². The van der Waals surface area contributed by atoms with Crippen LogP contribution in [-0.2, 0) is 6.54 Å². The molecule has 0 saturated heterocycles. The van der Waals surface area contributed by atoms with E-state index in [9.17, 15) is 19.7 Å². The summed E-state index contributed by atoms with van der Waals surface area (Å²) in [5, 5.41) is 10.7. The molecule has 0 spiro atoms. The first kappa shape index (κ1) is 13.7. The van der Waals surface area contributed by atoms with E-state index in [0.29, 0.717) is 5.56 Å². The minimum Gasteiger partial charge on any atom is -0.308 e. The molecule has 1 heterocycles. The zero-order valence-corrected chi connectivity index (χ0v) is 10.8. The monoisotopic (exact) mass is 272 g/mol. The van der Waals surface area contributed by atoms with Crippen LogP contribution in [0.3, 0.4) is 0 Å². The number of carbonyl (C=O) groups excluding carboxylic acids is 1. The van der Waals surface area contributed by atoms with Gasteiger partial charge in [0.2, 0.25) is 0 Å². The minimum atomic E-state index is -0.560. The lowest BCUT2D eigenvalue weighted by Gasteiger charge is -2.05. The Morgan fingerprint density at radius 2 is 2.05 bits per heavy atom. The van der Waals surface area contributed by atoms with E-state index in [-0.39, 0.29) is 29.1 Å². The molecular weight excluding hydrogens is 260 g/mol. The van der Waals surface area contributed by atoms with Crippen LogP contribution in [0.15, 0.2) is 47.4 Å². The van der Waals surface area contributed by atoms with E-state index in [1.54, 1.807) is 19.1 Å². The summed E-state index contributed by atoms with van der Waals surface area (Å²) in [7, 11) is 0. The lowest BCUT2D eigenvalue weighted by molar-refractivity contribution is -0.384. The highest BCUT2D eigenvalue weighted by Crippen LogP contribution is 2.13. The molecule has 0 fully saturated rings. The van der Waals surface area contributed by atoms with Gasteiger partial charge in [0.25, 0.3) is 11.2 Å². The molecule has 0 atom stereocenters. The number of nitro benzene ring substituents is 1. The molecule has 0 unspecified atom stereocenters. The van der Waals surface area contributed by atoms with Crippen LogP contribution in [0.2, 0.25) is 0 Å². The number of carbonyl (C=O) groups is 1. The molecule has 0 saturated carbocycles. The Balaban J connectivity index is 2.29. The first-order chi connectivity index (χ1) is 9.49. The van der Waals surface area contributed by atoms with Gasteiger partial charge in [-0.3, -0.25) is 19.7 Å². The summed E-state index contributed by atoms with van der Waals surface area (Å²) in [6, 6.07) is 8.81. The number of Topliss-reactive ketones (excluding diaryl/α,β-unsaturated/α-hetero) is 1. The quantitative estimate of drug-likeness (QED) is 0.484. The van der Waals surface area contributed by atoms with Crippen molar-refractivity contribution in [2.24, 2.45) is 0 Å². The molecule has 0 amide bonds. The SMILES string of the molecule is Cc1cccn(CC(=O)c2cccc([N+](=O)[O-])c2)c1=O. The van der Waals surface area contributed by atoms with Gasteiger partial charge in [-0.2, -0.15) is 0 Å². The molecule has 102 valence electrons. The van der Waals surface area contributed by atoms with Crippen LogP contribution in [0, 0.1) is 17.0 Å². The Kier molecular flexibility index (Phi) is 3.74. The molecule has 0 aliphatic rings. The fraction of sp³-hybridized carbons (Fsp3) is 0.143. The second-order valence-electron chi connectivity index (χ2n) is 4.35. The summed E-state index contributed by atoms with van der Waals surface area (Å²) < 4.78 is 1.29. The lowest BCUT2D eigenvalue weighted by Crippen LogP contribution is -2.25. The van der Waals surface area contributed by atoms with Crippen molar-refractivity contribution in [3.05, 3.63) is 74.2 Å². The van der Waals surface area contributed by atoms with E-state index in [0.717, 1.165) is 0 Å². The molecule has 1 aromatic carbocycles. The van der Waals surface area contributed by atoms with Crippen molar-refractivity contribution < 1.29 is 9.72 Å². The number of aromatic nitrogens is 1. The Bertz CT molecular complexity index is 734. The highest BCUT2D eigenvalue weighted by atomic mass is 16.6. The summed E-state index contributed by atoms with van der Waals surface area (Å²) in [6.07, 6.45) is 1.52. The molecule has 20 heavy (non-hydrogen) atoms. The number of nitro groups is 1. The number of pyridine rings is 1. The normalized spacial score (nSPS) is 10.2. The summed E-state index contributed by atoms with van der Waals surface area (Å²) in [6.45, 7) is 1.53. The Morgan fingerprint density at radius 1 is 1.30 bits per heavy atom. The van der Waals surface area contributed by atoms with Gasteiger partial charge in [-0.15, -0.1) is 0 Å². The predicted octanol–water partition coefficient (Wildman–Crippen LogP) is 1.95. The van der Waals surface area contributed by atoms with Crippen molar-refractivity contribution in [2.75, 3.05) is 0 Å². The second-order valence-corrected chi connectivity index (χ2v) is 4.35. The maximum absolute atomic E-state index is 12.1. The van der Waals surface area contributed by atoms with Crippen molar-refractivity contribution >= 4 is 11.5 Å². The molecule has 6 nitrogen and oxygen atoms in total. The molecule has 1 aromatic heterocycles. The summed E-state index contributed by atoms with van der Waals surface area (Å²) in [5.74, 6) is -0.346. The zero-order chi connectivity index (χ0) is 14.7. The van der Waals surface area contributed by atoms with Crippen molar-refractivity contribution in [1.82, 2.24) is 4.57 Å². The number of nitrogens with zero attached hydrogens (tertiary/aromatic N) is 2. The number of hydrogen-bond acceptors (Lipinski definition) is 4. The molecule has 0 N–H and O–H groups in total. The van der Waals surface area contributed by atoms with E-state index in [2.05, 4.69) is 0 Å². The Hall–Kier alpha value is -2.76. The van der Waals surface area contributed by atoms with Crippen molar-refractivity contribution in [1.29, 1.82) is 0 Å². The first-order valence-corrected chi connectivity index (χ1v) is 5.93. The topological polar surface area (TPSA) is 82.2 Å². The van der Waals surface area contributed by atoms with Gasteiger partial charge < -0.3 is 4.57 Å². The van der Waals surface area contributed by atoms with E-state index in [4.69, 9.17) is 0 Å². The lowest BCUT2D eigenvalue weighted by atomic mass is 10.1. The fourth-order valence-electron chi connectivity index (χ4n) is 1.82. The standard InChI is InChI=1S/C14H12N2O4/c1-10-4-3-7-15(14(10)18)9-13(17)11-5-2-6-12(8-11)16(19)20/h2-8H,9H2,1H3. The number of rotatable bonds is 4. The van der Waals surface area contributed by atoms with Crippen LogP contribution in [0.5, 0.6) is 0 Å². The Morgan fingerprint density at radius 3 is 2.75 bits per heavy atom. The van der Waals surface area contributed by atoms with Crippen LogP contribution in [0.25, 0.3) is 0 Å². The van der Waals surface area contributed by atoms with Crippen LogP contribution < -0.4 is 5.56 Å². The van der Waals surface area contributed by atoms with E-state index in [1.807, 2.05) is 0 Å². The van der Waals surface area contributed by atoms with E-state index >= 15 is 0 Å². The van der Waals surface area contributed by atoms with Gasteiger partial charge in [0, 0.05) is 29.5 Å². The molecular formula is C14H12N2O4. The highest BCUT2D eigenvalue weighted by Gasteiger charge is 2.12. The highest BCUT2D eigenvalue weighted by molar-refractivity contribution is 5.96. The smallest absolute Gasteiger partial charge is 0.270 e. The second kappa shape index (κ2) is 5.48. The first-order valence-electron chi connectivity index (χ1n) is 5.93. The van der Waals surface area contributed by atoms with Crippen LogP contribution in [0.4, 0.5) is 5.69 Å². The largest absolute Gasteiger partial charge is 0.308 e. The molecule has 6 heteroatoms. The van der Waals surface area contributed by atoms with Crippen LogP contribution >= 0.6 is 0 Å². The third kappa shape index (κ3) is 2.80. The molecule has 0 aliphatic carbocycles. The molecule has 0 aliphatic heterocycles. The molecule has 0 bridgehead atoms. The van der Waals surface area contributed by atoms with Gasteiger partial charge in [-0.25, -0.2) is 0 Å². The van der Waals surface area contributed by atoms with Gasteiger partial charge in [0.05, 0.1) is 11.5 Å². The van der Waals surface area contributed by atoms with Gasteiger partial charge in [-0.05, 0) is 13.0 Å². The number of non-ortho nitro benzene ring substituents is 1. The number of hydrogen-bond donors (Lipinski definition) is 0. The maximum Gasteiger partial charge on any atom is 0.270 e. The number of benzene rings is 1. The van der Waals surface area contributed by atoms with Crippen molar-refractivity contribution in [2.45, 2.75) is 13.5 Å². The fourth-order valence-corrected chi connectivity index (χ4v) is 1.82. The van der Waals surface area contributed by atoms with Gasteiger partial charge in [0.15, 0.2) is 5.78 Å². The zero-order valence-electron chi connectivity index (χ0n) is 10.8. The van der Waals surface area contributed by atoms with E-state index in [1.165, 1.54) is 35.0 Å². The van der Waals surface area contributed by atoms with Gasteiger partial charge >= 0.3 is 0 Å². The molecule has 0 radical (unpaired) electrons. The van der Waals surface area contributed by atoms with Crippen molar-refractivity contribution in [3.8, 4) is 0 Å². The van der Waals surface area contributed by atoms with Crippen LogP contribution in [-0.4, -0.2) is 15.3 Å². The van der Waals surface area contributed by atoms with Gasteiger partial charge in [0.1, 0.15) is 0 Å². The minimum absolute atomic E-state index is 0.137. The number of aryl methyl sites for hydroxylation is 1. The summed E-state index contributed by atoms with van der Waals surface area (Å²) >= 11 is 0. The summed E-state index contributed by atoms with van der Waals surface area (Å²) in [5.41, 5.74) is 0.366. The van der Waals surface area contributed by atoms with E-state index < -0.39 is 4.92 Å².